The van der Waals surface area contributed by atoms with Crippen molar-refractivity contribution in [1.82, 2.24) is 14.9 Å². The molecule has 0 bridgehead atoms. The number of fused-ring (bicyclic) bond motifs is 1. The van der Waals surface area contributed by atoms with Crippen LogP contribution in [0.5, 0.6) is 5.75 Å². The molecule has 1 aromatic carbocycles. The van der Waals surface area contributed by atoms with Gasteiger partial charge in [-0.2, -0.15) is 0 Å². The van der Waals surface area contributed by atoms with Crippen LogP contribution < -0.4 is 4.74 Å². The first-order valence-corrected chi connectivity index (χ1v) is 9.29. The summed E-state index contributed by atoms with van der Waals surface area (Å²) in [6.07, 6.45) is 3.57. The number of piperidine rings is 1. The number of ether oxygens (including phenoxy) is 1. The first kappa shape index (κ1) is 16.0. The van der Waals surface area contributed by atoms with Gasteiger partial charge < -0.3 is 9.64 Å². The third-order valence-electron chi connectivity index (χ3n) is 4.49. The monoisotopic (exact) mass is 353 g/mol. The number of rotatable bonds is 3. The van der Waals surface area contributed by atoms with Gasteiger partial charge in [-0.05, 0) is 37.3 Å². The molecule has 1 aliphatic rings. The van der Waals surface area contributed by atoms with E-state index in [-0.39, 0.29) is 12.0 Å². The molecule has 1 fully saturated rings. The fraction of sp³-hybridized carbons (Fsp3) is 0.316. The SMILES string of the molecule is Cc1ccc(OC2CCN(C(=O)c3ccc4ncsc4c3)CC2)cn1. The minimum Gasteiger partial charge on any atom is -0.489 e. The highest BCUT2D eigenvalue weighted by Gasteiger charge is 2.25. The first-order chi connectivity index (χ1) is 12.2. The van der Waals surface area contributed by atoms with E-state index in [2.05, 4.69) is 9.97 Å². The van der Waals surface area contributed by atoms with Crippen molar-refractivity contribution < 1.29 is 9.53 Å². The number of aryl methyl sites for hydroxylation is 1. The molecule has 1 amide bonds. The topological polar surface area (TPSA) is 55.3 Å². The number of aromatic nitrogens is 2. The molecule has 0 unspecified atom stereocenters. The van der Waals surface area contributed by atoms with Crippen molar-refractivity contribution in [2.24, 2.45) is 0 Å². The lowest BCUT2D eigenvalue weighted by molar-refractivity contribution is 0.0595. The molecule has 0 aliphatic carbocycles. The van der Waals surface area contributed by atoms with Gasteiger partial charge in [-0.25, -0.2) is 4.98 Å². The summed E-state index contributed by atoms with van der Waals surface area (Å²) in [5, 5.41) is 0. The summed E-state index contributed by atoms with van der Waals surface area (Å²) in [7, 11) is 0. The van der Waals surface area contributed by atoms with E-state index in [1.807, 2.05) is 47.7 Å². The normalized spacial score (nSPS) is 15.5. The van der Waals surface area contributed by atoms with Gasteiger partial charge in [0.2, 0.25) is 0 Å². The highest BCUT2D eigenvalue weighted by molar-refractivity contribution is 7.16. The van der Waals surface area contributed by atoms with Gasteiger partial charge in [-0.15, -0.1) is 11.3 Å². The van der Waals surface area contributed by atoms with Crippen LogP contribution in [0.2, 0.25) is 0 Å². The highest BCUT2D eigenvalue weighted by atomic mass is 32.1. The Labute approximate surface area is 150 Å². The van der Waals surface area contributed by atoms with Crippen molar-refractivity contribution in [3.63, 3.8) is 0 Å². The molecule has 3 aromatic rings. The zero-order chi connectivity index (χ0) is 17.2. The van der Waals surface area contributed by atoms with Crippen molar-refractivity contribution in [1.29, 1.82) is 0 Å². The largest absolute Gasteiger partial charge is 0.489 e. The van der Waals surface area contributed by atoms with Crippen molar-refractivity contribution in [3.8, 4) is 5.75 Å². The van der Waals surface area contributed by atoms with E-state index in [1.54, 1.807) is 17.5 Å². The van der Waals surface area contributed by atoms with Crippen LogP contribution in [0.25, 0.3) is 10.2 Å². The Kier molecular flexibility index (Phi) is 4.36. The van der Waals surface area contributed by atoms with Gasteiger partial charge in [-0.1, -0.05) is 0 Å². The molecule has 5 nitrogen and oxygen atoms in total. The van der Waals surface area contributed by atoms with Crippen LogP contribution >= 0.6 is 11.3 Å². The summed E-state index contributed by atoms with van der Waals surface area (Å²) < 4.78 is 7.04. The Bertz CT molecular complexity index is 883. The van der Waals surface area contributed by atoms with Crippen LogP contribution in [0.1, 0.15) is 28.9 Å². The zero-order valence-corrected chi connectivity index (χ0v) is 14.8. The summed E-state index contributed by atoms with van der Waals surface area (Å²) in [5.41, 5.74) is 4.46. The smallest absolute Gasteiger partial charge is 0.253 e. The van der Waals surface area contributed by atoms with Crippen LogP contribution in [0.4, 0.5) is 0 Å². The predicted octanol–water partition coefficient (Wildman–Crippen LogP) is 3.68. The molecule has 1 saturated heterocycles. The number of nitrogens with zero attached hydrogens (tertiary/aromatic N) is 3. The van der Waals surface area contributed by atoms with Crippen LogP contribution in [0.3, 0.4) is 0 Å². The summed E-state index contributed by atoms with van der Waals surface area (Å²) in [6, 6.07) is 9.62. The minimum absolute atomic E-state index is 0.0887. The molecular formula is C19H19N3O2S. The van der Waals surface area contributed by atoms with E-state index in [1.165, 1.54) is 0 Å². The van der Waals surface area contributed by atoms with Gasteiger partial charge in [0.15, 0.2) is 0 Å². The van der Waals surface area contributed by atoms with Crippen molar-refractivity contribution in [3.05, 3.63) is 53.3 Å². The second kappa shape index (κ2) is 6.80. The Morgan fingerprint density at radius 2 is 2.04 bits per heavy atom. The molecular weight excluding hydrogens is 334 g/mol. The predicted molar refractivity (Wildman–Crippen MR) is 98.1 cm³/mol. The Morgan fingerprint density at radius 1 is 1.20 bits per heavy atom. The Balaban J connectivity index is 1.37. The minimum atomic E-state index is 0.0887. The second-order valence-electron chi connectivity index (χ2n) is 6.28. The lowest BCUT2D eigenvalue weighted by Crippen LogP contribution is -2.41. The number of carbonyl (C=O) groups excluding carboxylic acids is 1. The number of thiazole rings is 1. The van der Waals surface area contributed by atoms with Crippen LogP contribution in [-0.4, -0.2) is 40.0 Å². The molecule has 0 N–H and O–H groups in total. The van der Waals surface area contributed by atoms with Crippen LogP contribution in [-0.2, 0) is 0 Å². The van der Waals surface area contributed by atoms with Gasteiger partial charge in [-0.3, -0.25) is 9.78 Å². The maximum absolute atomic E-state index is 12.7. The molecule has 4 rings (SSSR count). The van der Waals surface area contributed by atoms with Crippen LogP contribution in [0.15, 0.2) is 42.0 Å². The van der Waals surface area contributed by atoms with E-state index in [0.29, 0.717) is 13.1 Å². The number of carbonyl (C=O) groups is 1. The third-order valence-corrected chi connectivity index (χ3v) is 5.29. The van der Waals surface area contributed by atoms with Crippen molar-refractivity contribution in [2.45, 2.75) is 25.9 Å². The van der Waals surface area contributed by atoms with E-state index in [4.69, 9.17) is 4.74 Å². The van der Waals surface area contributed by atoms with Gasteiger partial charge in [0.05, 0.1) is 21.9 Å². The van der Waals surface area contributed by atoms with Crippen LogP contribution in [0, 0.1) is 6.92 Å². The summed E-state index contributed by atoms with van der Waals surface area (Å²) in [6.45, 7) is 3.38. The number of hydrogen-bond donors (Lipinski definition) is 0. The standard InChI is InChI=1S/C19H19N3O2S/c1-13-2-4-16(11-20-13)24-15-6-8-22(9-7-15)19(23)14-3-5-17-18(10-14)25-12-21-17/h2-5,10-12,15H,6-9H2,1H3. The van der Waals surface area contributed by atoms with E-state index < -0.39 is 0 Å². The molecule has 2 aromatic heterocycles. The van der Waals surface area contributed by atoms with Gasteiger partial charge in [0.1, 0.15) is 11.9 Å². The molecule has 0 atom stereocenters. The van der Waals surface area contributed by atoms with Gasteiger partial charge in [0, 0.05) is 37.2 Å². The number of pyridine rings is 1. The average molecular weight is 353 g/mol. The zero-order valence-electron chi connectivity index (χ0n) is 14.0. The fourth-order valence-electron chi connectivity index (χ4n) is 3.06. The number of benzene rings is 1. The van der Waals surface area contributed by atoms with E-state index in [0.717, 1.165) is 40.1 Å². The maximum Gasteiger partial charge on any atom is 0.253 e. The molecule has 25 heavy (non-hydrogen) atoms. The quantitative estimate of drug-likeness (QED) is 0.721. The summed E-state index contributed by atoms with van der Waals surface area (Å²) in [4.78, 5) is 23.2. The average Bonchev–Trinajstić information content (AvgIpc) is 3.11. The summed E-state index contributed by atoms with van der Waals surface area (Å²) in [5.74, 6) is 0.886. The molecule has 3 heterocycles. The van der Waals surface area contributed by atoms with E-state index in [9.17, 15) is 4.79 Å². The Morgan fingerprint density at radius 3 is 2.80 bits per heavy atom. The molecule has 128 valence electrons. The van der Waals surface area contributed by atoms with Crippen molar-refractivity contribution >= 4 is 27.5 Å². The number of likely N-dealkylation sites (tertiary alicyclic amines) is 1. The van der Waals surface area contributed by atoms with Crippen molar-refractivity contribution in [2.75, 3.05) is 13.1 Å². The third kappa shape index (κ3) is 3.49. The maximum atomic E-state index is 12.7. The molecule has 0 spiro atoms. The second-order valence-corrected chi connectivity index (χ2v) is 7.17. The first-order valence-electron chi connectivity index (χ1n) is 8.41. The lowest BCUT2D eigenvalue weighted by atomic mass is 10.1. The van der Waals surface area contributed by atoms with Gasteiger partial charge in [0.25, 0.3) is 5.91 Å². The fourth-order valence-corrected chi connectivity index (χ4v) is 3.78. The number of amides is 1. The molecule has 6 heteroatoms. The lowest BCUT2D eigenvalue weighted by Gasteiger charge is -2.32. The Hall–Kier alpha value is -2.47. The van der Waals surface area contributed by atoms with E-state index >= 15 is 0 Å². The van der Waals surface area contributed by atoms with Gasteiger partial charge >= 0.3 is 0 Å². The molecule has 0 radical (unpaired) electrons. The number of hydrogen-bond acceptors (Lipinski definition) is 5. The highest BCUT2D eigenvalue weighted by Crippen LogP contribution is 2.23. The summed E-state index contributed by atoms with van der Waals surface area (Å²) >= 11 is 1.56. The molecule has 1 aliphatic heterocycles. The molecule has 0 saturated carbocycles.